The standard InChI is InChI=1S/C31H19Cl3N2O3/c32-15-9-11-21(22(33)13-15)29(37)35-24-12-10-16(14-23(24)34)36-30(38)27-25-17-5-1-2-6-18(17)26(28(27)31(36)39)20-8-4-3-7-19(20)25/h1-14,25-28H,(H,35,37)/t25?,26?,27-,28+. The monoisotopic (exact) mass is 572 g/mol. The van der Waals surface area contributed by atoms with Crippen LogP contribution in [0.1, 0.15) is 44.4 Å². The smallest absolute Gasteiger partial charge is 0.257 e. The molecule has 1 fully saturated rings. The Morgan fingerprint density at radius 3 is 1.69 bits per heavy atom. The Hall–Kier alpha value is -3.64. The number of carbonyl (C=O) groups is 3. The van der Waals surface area contributed by atoms with Crippen LogP contribution in [0.4, 0.5) is 11.4 Å². The molecule has 1 N–H and O–H groups in total. The number of halogens is 3. The highest BCUT2D eigenvalue weighted by atomic mass is 35.5. The van der Waals surface area contributed by atoms with Crippen LogP contribution in [0.2, 0.25) is 15.1 Å². The van der Waals surface area contributed by atoms with E-state index in [0.29, 0.717) is 16.4 Å². The van der Waals surface area contributed by atoms with Crippen LogP contribution in [0.3, 0.4) is 0 Å². The maximum Gasteiger partial charge on any atom is 0.257 e. The molecule has 0 unspecified atom stereocenters. The lowest BCUT2D eigenvalue weighted by atomic mass is 9.55. The zero-order chi connectivity index (χ0) is 27.0. The number of nitrogens with one attached hydrogen (secondary N) is 1. The highest BCUT2D eigenvalue weighted by molar-refractivity contribution is 6.38. The summed E-state index contributed by atoms with van der Waals surface area (Å²) < 4.78 is 0. The number of imide groups is 1. The van der Waals surface area contributed by atoms with Gasteiger partial charge in [-0.25, -0.2) is 4.90 Å². The van der Waals surface area contributed by atoms with Crippen LogP contribution in [-0.4, -0.2) is 17.7 Å². The zero-order valence-corrected chi connectivity index (χ0v) is 22.5. The molecular weight excluding hydrogens is 555 g/mol. The van der Waals surface area contributed by atoms with E-state index in [2.05, 4.69) is 29.6 Å². The average Bonchev–Trinajstić information content (AvgIpc) is 3.20. The van der Waals surface area contributed by atoms with Gasteiger partial charge in [0.2, 0.25) is 11.8 Å². The molecule has 192 valence electrons. The van der Waals surface area contributed by atoms with Crippen molar-refractivity contribution in [1.29, 1.82) is 0 Å². The second-order valence-electron chi connectivity index (χ2n) is 10.0. The van der Waals surface area contributed by atoms with Gasteiger partial charge in [-0.1, -0.05) is 83.3 Å². The van der Waals surface area contributed by atoms with Gasteiger partial charge < -0.3 is 5.32 Å². The summed E-state index contributed by atoms with van der Waals surface area (Å²) in [5.74, 6) is -2.28. The van der Waals surface area contributed by atoms with Crippen molar-refractivity contribution in [2.75, 3.05) is 10.2 Å². The van der Waals surface area contributed by atoms with Crippen LogP contribution in [0.25, 0.3) is 0 Å². The summed E-state index contributed by atoms with van der Waals surface area (Å²) in [4.78, 5) is 42.0. The quantitative estimate of drug-likeness (QED) is 0.262. The lowest BCUT2D eigenvalue weighted by Gasteiger charge is -2.45. The minimum atomic E-state index is -0.488. The summed E-state index contributed by atoms with van der Waals surface area (Å²) in [6, 6.07) is 25.5. The Kier molecular flexibility index (Phi) is 5.60. The number of hydrogen-bond donors (Lipinski definition) is 1. The first-order chi connectivity index (χ1) is 18.8. The summed E-state index contributed by atoms with van der Waals surface area (Å²) in [5, 5.41) is 3.55. The number of amides is 3. The normalized spacial score (nSPS) is 22.4. The van der Waals surface area contributed by atoms with Crippen LogP contribution >= 0.6 is 34.8 Å². The third-order valence-electron chi connectivity index (χ3n) is 8.08. The Bertz CT molecular complexity index is 1620. The molecule has 1 saturated heterocycles. The molecule has 3 amide bonds. The molecule has 5 nitrogen and oxygen atoms in total. The van der Waals surface area contributed by atoms with E-state index in [0.717, 1.165) is 22.3 Å². The van der Waals surface area contributed by atoms with Crippen LogP contribution in [0.15, 0.2) is 84.9 Å². The van der Waals surface area contributed by atoms with Gasteiger partial charge in [0.1, 0.15) is 0 Å². The van der Waals surface area contributed by atoms with Gasteiger partial charge in [0.15, 0.2) is 0 Å². The molecule has 4 aromatic rings. The highest BCUT2D eigenvalue weighted by Gasteiger charge is 2.61. The molecule has 2 atom stereocenters. The van der Waals surface area contributed by atoms with E-state index in [1.54, 1.807) is 18.2 Å². The SMILES string of the molecule is O=C(Nc1ccc(N2C(=O)[C@@H]3C4c5ccccc5C(c5ccccc54)[C@@H]3C2=O)cc1Cl)c1ccc(Cl)cc1Cl. The molecule has 8 rings (SSSR count). The number of carbonyl (C=O) groups excluding carboxylic acids is 3. The highest BCUT2D eigenvalue weighted by Crippen LogP contribution is 2.61. The number of nitrogens with zero attached hydrogens (tertiary/aromatic N) is 1. The molecule has 8 heteroatoms. The number of benzene rings is 4. The van der Waals surface area contributed by atoms with Crippen molar-refractivity contribution in [3.8, 4) is 0 Å². The van der Waals surface area contributed by atoms with E-state index < -0.39 is 17.7 Å². The first-order valence-electron chi connectivity index (χ1n) is 12.5. The van der Waals surface area contributed by atoms with Gasteiger partial charge in [-0.05, 0) is 58.7 Å². The van der Waals surface area contributed by atoms with Gasteiger partial charge in [-0.15, -0.1) is 0 Å². The van der Waals surface area contributed by atoms with Gasteiger partial charge in [0, 0.05) is 16.9 Å². The number of hydrogen-bond acceptors (Lipinski definition) is 3. The molecule has 1 heterocycles. The molecule has 4 aliphatic rings. The molecule has 4 aromatic carbocycles. The largest absolute Gasteiger partial charge is 0.321 e. The molecule has 2 bridgehead atoms. The van der Waals surface area contributed by atoms with E-state index in [-0.39, 0.29) is 39.3 Å². The molecular formula is C31H19Cl3N2O3. The lowest BCUT2D eigenvalue weighted by molar-refractivity contribution is -0.122. The molecule has 0 aromatic heterocycles. The second kappa shape index (κ2) is 8.95. The third kappa shape index (κ3) is 3.57. The summed E-state index contributed by atoms with van der Waals surface area (Å²) in [6.07, 6.45) is 0. The first-order valence-corrected chi connectivity index (χ1v) is 13.6. The predicted octanol–water partition coefficient (Wildman–Crippen LogP) is 7.30. The van der Waals surface area contributed by atoms with Crippen molar-refractivity contribution in [3.05, 3.63) is 128 Å². The predicted molar refractivity (Wildman–Crippen MR) is 152 cm³/mol. The van der Waals surface area contributed by atoms with Gasteiger partial charge in [0.05, 0.1) is 38.8 Å². The fourth-order valence-corrected chi connectivity index (χ4v) is 7.26. The third-order valence-corrected chi connectivity index (χ3v) is 8.94. The molecule has 0 spiro atoms. The minimum absolute atomic E-state index is 0.188. The maximum atomic E-state index is 14.0. The summed E-state index contributed by atoms with van der Waals surface area (Å²) in [5.41, 5.74) is 5.40. The van der Waals surface area contributed by atoms with Crippen molar-refractivity contribution >= 4 is 63.9 Å². The van der Waals surface area contributed by atoms with Crippen LogP contribution < -0.4 is 10.2 Å². The van der Waals surface area contributed by atoms with Crippen molar-refractivity contribution in [2.45, 2.75) is 11.8 Å². The second-order valence-corrected chi connectivity index (χ2v) is 11.3. The van der Waals surface area contributed by atoms with Gasteiger partial charge >= 0.3 is 0 Å². The van der Waals surface area contributed by atoms with E-state index >= 15 is 0 Å². The van der Waals surface area contributed by atoms with E-state index in [9.17, 15) is 14.4 Å². The first kappa shape index (κ1) is 24.4. The van der Waals surface area contributed by atoms with Crippen LogP contribution in [-0.2, 0) is 9.59 Å². The van der Waals surface area contributed by atoms with E-state index in [1.165, 1.54) is 23.1 Å². The molecule has 3 aliphatic carbocycles. The molecule has 0 saturated carbocycles. The van der Waals surface area contributed by atoms with Crippen molar-refractivity contribution in [2.24, 2.45) is 11.8 Å². The summed E-state index contributed by atoms with van der Waals surface area (Å²) >= 11 is 18.7. The number of rotatable bonds is 3. The Labute approximate surface area is 239 Å². The van der Waals surface area contributed by atoms with Gasteiger partial charge in [0.25, 0.3) is 5.91 Å². The van der Waals surface area contributed by atoms with Crippen LogP contribution in [0.5, 0.6) is 0 Å². The Balaban J connectivity index is 1.23. The van der Waals surface area contributed by atoms with Crippen LogP contribution in [0, 0.1) is 11.8 Å². The Morgan fingerprint density at radius 1 is 0.667 bits per heavy atom. The Morgan fingerprint density at radius 2 is 1.21 bits per heavy atom. The summed E-state index contributed by atoms with van der Waals surface area (Å²) in [7, 11) is 0. The van der Waals surface area contributed by atoms with E-state index in [4.69, 9.17) is 34.8 Å². The maximum absolute atomic E-state index is 14.0. The molecule has 1 aliphatic heterocycles. The van der Waals surface area contributed by atoms with E-state index in [1.807, 2.05) is 24.3 Å². The lowest BCUT2D eigenvalue weighted by Crippen LogP contribution is -2.41. The van der Waals surface area contributed by atoms with Gasteiger partial charge in [-0.2, -0.15) is 0 Å². The molecule has 0 radical (unpaired) electrons. The average molecular weight is 574 g/mol. The summed E-state index contributed by atoms with van der Waals surface area (Å²) in [6.45, 7) is 0. The van der Waals surface area contributed by atoms with Crippen molar-refractivity contribution in [1.82, 2.24) is 0 Å². The minimum Gasteiger partial charge on any atom is -0.321 e. The fourth-order valence-electron chi connectivity index (χ4n) is 6.54. The van der Waals surface area contributed by atoms with Crippen molar-refractivity contribution < 1.29 is 14.4 Å². The molecule has 39 heavy (non-hydrogen) atoms. The topological polar surface area (TPSA) is 66.5 Å². The van der Waals surface area contributed by atoms with Crippen molar-refractivity contribution in [3.63, 3.8) is 0 Å². The van der Waals surface area contributed by atoms with Gasteiger partial charge in [-0.3, -0.25) is 14.4 Å². The zero-order valence-electron chi connectivity index (χ0n) is 20.2. The number of anilines is 2. The fraction of sp³-hybridized carbons (Fsp3) is 0.129.